The lowest BCUT2D eigenvalue weighted by molar-refractivity contribution is -0.313. The summed E-state index contributed by atoms with van der Waals surface area (Å²) in [5.74, 6) is -3.80. The standard InChI is InChI=1S/C15H14F3NO3/c16-15(17,18)9-4-3-5-10(8-9)19-13(20)11-6-1-2-7-12(11)14(21)22/h1-5,8,11-12H,6-7H2,(H,19,20)(H,21,22)/p-1. The third kappa shape index (κ3) is 3.66. The molecule has 2 rings (SSSR count). The Labute approximate surface area is 124 Å². The molecule has 1 amide bonds. The normalized spacial score (nSPS) is 21.4. The Bertz CT molecular complexity index is 610. The molecule has 1 aliphatic rings. The quantitative estimate of drug-likeness (QED) is 0.868. The number of carbonyl (C=O) groups excluding carboxylic acids is 2. The van der Waals surface area contributed by atoms with E-state index in [4.69, 9.17) is 0 Å². The van der Waals surface area contributed by atoms with Gasteiger partial charge in [-0.1, -0.05) is 18.2 Å². The van der Waals surface area contributed by atoms with Crippen LogP contribution in [0.2, 0.25) is 0 Å². The van der Waals surface area contributed by atoms with Crippen LogP contribution in [-0.2, 0) is 15.8 Å². The third-order valence-electron chi connectivity index (χ3n) is 3.53. The summed E-state index contributed by atoms with van der Waals surface area (Å²) in [5.41, 5.74) is -0.906. The van der Waals surface area contributed by atoms with E-state index in [1.54, 1.807) is 12.2 Å². The summed E-state index contributed by atoms with van der Waals surface area (Å²) in [4.78, 5) is 23.2. The third-order valence-corrected chi connectivity index (χ3v) is 3.53. The van der Waals surface area contributed by atoms with Crippen molar-refractivity contribution in [1.29, 1.82) is 0 Å². The molecular weight excluding hydrogens is 299 g/mol. The van der Waals surface area contributed by atoms with E-state index < -0.39 is 35.5 Å². The van der Waals surface area contributed by atoms with Gasteiger partial charge in [0.15, 0.2) is 0 Å². The van der Waals surface area contributed by atoms with Crippen molar-refractivity contribution in [2.45, 2.75) is 19.0 Å². The minimum atomic E-state index is -4.51. The highest BCUT2D eigenvalue weighted by Gasteiger charge is 2.32. The monoisotopic (exact) mass is 312 g/mol. The van der Waals surface area contributed by atoms with Crippen LogP contribution in [0.15, 0.2) is 36.4 Å². The lowest BCUT2D eigenvalue weighted by Gasteiger charge is -2.28. The van der Waals surface area contributed by atoms with Crippen LogP contribution in [0.3, 0.4) is 0 Å². The average molecular weight is 312 g/mol. The van der Waals surface area contributed by atoms with Crippen molar-refractivity contribution in [3.8, 4) is 0 Å². The van der Waals surface area contributed by atoms with Gasteiger partial charge < -0.3 is 15.2 Å². The van der Waals surface area contributed by atoms with E-state index in [1.165, 1.54) is 12.1 Å². The van der Waals surface area contributed by atoms with E-state index in [1.807, 2.05) is 0 Å². The van der Waals surface area contributed by atoms with Gasteiger partial charge >= 0.3 is 6.18 Å². The van der Waals surface area contributed by atoms with Gasteiger partial charge in [0.25, 0.3) is 0 Å². The van der Waals surface area contributed by atoms with Gasteiger partial charge in [-0.15, -0.1) is 0 Å². The molecule has 1 aromatic carbocycles. The van der Waals surface area contributed by atoms with Crippen LogP contribution in [0.1, 0.15) is 18.4 Å². The van der Waals surface area contributed by atoms with Crippen molar-refractivity contribution >= 4 is 17.6 Å². The van der Waals surface area contributed by atoms with Crippen LogP contribution in [-0.4, -0.2) is 11.9 Å². The van der Waals surface area contributed by atoms with Crippen LogP contribution >= 0.6 is 0 Å². The van der Waals surface area contributed by atoms with Gasteiger partial charge in [0, 0.05) is 17.6 Å². The number of nitrogens with one attached hydrogen (secondary N) is 1. The molecule has 22 heavy (non-hydrogen) atoms. The largest absolute Gasteiger partial charge is 0.550 e. The molecule has 7 heteroatoms. The molecular formula is C15H13F3NO3-. The van der Waals surface area contributed by atoms with Crippen LogP contribution in [0.25, 0.3) is 0 Å². The first-order valence-electron chi connectivity index (χ1n) is 6.63. The van der Waals surface area contributed by atoms with Crippen LogP contribution in [0.5, 0.6) is 0 Å². The molecule has 4 nitrogen and oxygen atoms in total. The first-order valence-corrected chi connectivity index (χ1v) is 6.63. The van der Waals surface area contributed by atoms with Crippen molar-refractivity contribution in [3.63, 3.8) is 0 Å². The molecule has 1 N–H and O–H groups in total. The highest BCUT2D eigenvalue weighted by molar-refractivity contribution is 5.95. The number of carboxylic acid groups (broad SMARTS) is 1. The summed E-state index contributed by atoms with van der Waals surface area (Å²) in [7, 11) is 0. The number of rotatable bonds is 3. The number of carboxylic acids is 1. The second-order valence-corrected chi connectivity index (χ2v) is 5.04. The van der Waals surface area contributed by atoms with Crippen LogP contribution in [0.4, 0.5) is 18.9 Å². The number of hydrogen-bond acceptors (Lipinski definition) is 3. The van der Waals surface area contributed by atoms with Crippen LogP contribution in [0, 0.1) is 11.8 Å². The average Bonchev–Trinajstić information content (AvgIpc) is 2.46. The van der Waals surface area contributed by atoms with Crippen molar-refractivity contribution in [1.82, 2.24) is 0 Å². The molecule has 0 heterocycles. The van der Waals surface area contributed by atoms with E-state index >= 15 is 0 Å². The maximum Gasteiger partial charge on any atom is 0.416 e. The lowest BCUT2D eigenvalue weighted by Crippen LogP contribution is -2.41. The Kier molecular flexibility index (Phi) is 4.54. The molecule has 1 aromatic rings. The number of carbonyl (C=O) groups is 2. The zero-order chi connectivity index (χ0) is 16.3. The molecule has 0 saturated carbocycles. The maximum atomic E-state index is 12.6. The van der Waals surface area contributed by atoms with Gasteiger partial charge in [0.1, 0.15) is 0 Å². The Hall–Kier alpha value is -2.31. The number of halogens is 3. The Morgan fingerprint density at radius 1 is 1.14 bits per heavy atom. The van der Waals surface area contributed by atoms with E-state index in [2.05, 4.69) is 5.32 Å². The summed E-state index contributed by atoms with van der Waals surface area (Å²) in [6, 6.07) is 4.20. The fraction of sp³-hybridized carbons (Fsp3) is 0.333. The predicted octanol–water partition coefficient (Wildman–Crippen LogP) is 1.98. The van der Waals surface area contributed by atoms with Gasteiger partial charge in [-0.25, -0.2) is 0 Å². The first kappa shape index (κ1) is 16.1. The van der Waals surface area contributed by atoms with E-state index in [0.717, 1.165) is 12.1 Å². The van der Waals surface area contributed by atoms with Gasteiger partial charge in [0.05, 0.1) is 11.5 Å². The summed E-state index contributed by atoms with van der Waals surface area (Å²) in [6.45, 7) is 0. The van der Waals surface area contributed by atoms with E-state index in [-0.39, 0.29) is 18.5 Å². The number of anilines is 1. The molecule has 2 atom stereocenters. The van der Waals surface area contributed by atoms with Gasteiger partial charge in [-0.3, -0.25) is 4.79 Å². The molecule has 0 spiro atoms. The number of amides is 1. The molecule has 0 fully saturated rings. The van der Waals surface area contributed by atoms with E-state index in [0.29, 0.717) is 0 Å². The first-order chi connectivity index (χ1) is 10.3. The number of allylic oxidation sites excluding steroid dienone is 2. The van der Waals surface area contributed by atoms with Crippen LogP contribution < -0.4 is 10.4 Å². The zero-order valence-electron chi connectivity index (χ0n) is 11.4. The Balaban J connectivity index is 2.15. The topological polar surface area (TPSA) is 69.2 Å². The fourth-order valence-corrected chi connectivity index (χ4v) is 2.37. The SMILES string of the molecule is O=C([O-])C1CC=CCC1C(=O)Nc1cccc(C(F)(F)F)c1. The number of alkyl halides is 3. The molecule has 2 unspecified atom stereocenters. The smallest absolute Gasteiger partial charge is 0.416 e. The van der Waals surface area contributed by atoms with Gasteiger partial charge in [-0.05, 0) is 31.0 Å². The summed E-state index contributed by atoms with van der Waals surface area (Å²) < 4.78 is 37.9. The number of benzene rings is 1. The minimum absolute atomic E-state index is 0.0218. The molecule has 118 valence electrons. The Morgan fingerprint density at radius 2 is 1.77 bits per heavy atom. The lowest BCUT2D eigenvalue weighted by atomic mass is 9.82. The summed E-state index contributed by atoms with van der Waals surface area (Å²) in [6.07, 6.45) is -0.807. The minimum Gasteiger partial charge on any atom is -0.550 e. The zero-order valence-corrected chi connectivity index (χ0v) is 11.4. The second-order valence-electron chi connectivity index (χ2n) is 5.04. The van der Waals surface area contributed by atoms with Gasteiger partial charge in [0.2, 0.25) is 5.91 Å². The molecule has 0 aromatic heterocycles. The summed E-state index contributed by atoms with van der Waals surface area (Å²) in [5, 5.41) is 13.4. The maximum absolute atomic E-state index is 12.6. The Morgan fingerprint density at radius 3 is 2.36 bits per heavy atom. The second kappa shape index (κ2) is 6.21. The van der Waals surface area contributed by atoms with Crippen molar-refractivity contribution in [2.24, 2.45) is 11.8 Å². The van der Waals surface area contributed by atoms with Crippen molar-refractivity contribution in [3.05, 3.63) is 42.0 Å². The van der Waals surface area contributed by atoms with Crippen molar-refractivity contribution in [2.75, 3.05) is 5.32 Å². The molecule has 0 aliphatic heterocycles. The van der Waals surface area contributed by atoms with Gasteiger partial charge in [-0.2, -0.15) is 13.2 Å². The van der Waals surface area contributed by atoms with E-state index in [9.17, 15) is 27.9 Å². The fourth-order valence-electron chi connectivity index (χ4n) is 2.37. The number of hydrogen-bond donors (Lipinski definition) is 1. The summed E-state index contributed by atoms with van der Waals surface area (Å²) >= 11 is 0. The van der Waals surface area contributed by atoms with Crippen molar-refractivity contribution < 1.29 is 27.9 Å². The molecule has 0 bridgehead atoms. The molecule has 0 saturated heterocycles. The highest BCUT2D eigenvalue weighted by Crippen LogP contribution is 2.31. The molecule has 1 aliphatic carbocycles. The highest BCUT2D eigenvalue weighted by atomic mass is 19.4. The molecule has 0 radical (unpaired) electrons. The predicted molar refractivity (Wildman–Crippen MR) is 70.4 cm³/mol. The number of aliphatic carboxylic acids is 1.